The zero-order valence-corrected chi connectivity index (χ0v) is 13.9. The number of piperazine rings is 1. The standard InChI is InChI=1S/C16H25N5O2/c1-3-19-8-5-17-16(23)14(19)10-15(22)20-6-4-7-21-13(11-20)9-12(2)18-21/h9,14H,3-8,10-11H2,1-2H3,(H,17,23). The van der Waals surface area contributed by atoms with Gasteiger partial charge in [-0.1, -0.05) is 6.92 Å². The number of amides is 2. The molecule has 0 spiro atoms. The molecule has 3 rings (SSSR count). The lowest BCUT2D eigenvalue weighted by Gasteiger charge is -2.34. The first-order chi connectivity index (χ1) is 11.1. The number of aromatic nitrogens is 2. The van der Waals surface area contributed by atoms with Crippen LogP contribution in [-0.2, 0) is 22.7 Å². The zero-order chi connectivity index (χ0) is 16.4. The van der Waals surface area contributed by atoms with E-state index >= 15 is 0 Å². The summed E-state index contributed by atoms with van der Waals surface area (Å²) in [6.45, 7) is 8.42. The third-order valence-corrected chi connectivity index (χ3v) is 4.70. The lowest BCUT2D eigenvalue weighted by molar-refractivity contribution is -0.139. The molecule has 0 radical (unpaired) electrons. The van der Waals surface area contributed by atoms with E-state index in [0.29, 0.717) is 13.1 Å². The average Bonchev–Trinajstić information content (AvgIpc) is 2.75. The van der Waals surface area contributed by atoms with Crippen LogP contribution in [0.2, 0.25) is 0 Å². The number of hydrogen-bond donors (Lipinski definition) is 1. The van der Waals surface area contributed by atoms with Crippen molar-refractivity contribution >= 4 is 11.8 Å². The van der Waals surface area contributed by atoms with Crippen LogP contribution in [0.3, 0.4) is 0 Å². The van der Waals surface area contributed by atoms with Crippen molar-refractivity contribution in [2.75, 3.05) is 26.2 Å². The van der Waals surface area contributed by atoms with Gasteiger partial charge in [-0.2, -0.15) is 5.10 Å². The fraction of sp³-hybridized carbons (Fsp3) is 0.688. The van der Waals surface area contributed by atoms with Crippen LogP contribution in [-0.4, -0.2) is 63.6 Å². The summed E-state index contributed by atoms with van der Waals surface area (Å²) in [5.74, 6) is 0.0277. The monoisotopic (exact) mass is 319 g/mol. The van der Waals surface area contributed by atoms with E-state index < -0.39 is 0 Å². The van der Waals surface area contributed by atoms with Gasteiger partial charge in [-0.3, -0.25) is 19.2 Å². The van der Waals surface area contributed by atoms with Crippen molar-refractivity contribution in [1.82, 2.24) is 24.9 Å². The minimum Gasteiger partial charge on any atom is -0.353 e. The highest BCUT2D eigenvalue weighted by molar-refractivity contribution is 5.88. The van der Waals surface area contributed by atoms with E-state index in [1.807, 2.05) is 29.5 Å². The Morgan fingerprint density at radius 3 is 3.00 bits per heavy atom. The molecule has 0 saturated carbocycles. The number of likely N-dealkylation sites (N-methyl/N-ethyl adjacent to an activating group) is 1. The highest BCUT2D eigenvalue weighted by atomic mass is 16.2. The van der Waals surface area contributed by atoms with Gasteiger partial charge in [0.1, 0.15) is 0 Å². The van der Waals surface area contributed by atoms with Crippen LogP contribution >= 0.6 is 0 Å². The fourth-order valence-electron chi connectivity index (χ4n) is 3.48. The first-order valence-corrected chi connectivity index (χ1v) is 8.41. The Kier molecular flexibility index (Phi) is 4.66. The van der Waals surface area contributed by atoms with Crippen molar-refractivity contribution in [2.24, 2.45) is 0 Å². The second-order valence-corrected chi connectivity index (χ2v) is 6.31. The van der Waals surface area contributed by atoms with Gasteiger partial charge in [0, 0.05) is 26.2 Å². The number of nitrogens with zero attached hydrogens (tertiary/aromatic N) is 4. The maximum Gasteiger partial charge on any atom is 0.237 e. The van der Waals surface area contributed by atoms with E-state index in [1.54, 1.807) is 0 Å². The number of nitrogens with one attached hydrogen (secondary N) is 1. The molecule has 2 aliphatic heterocycles. The van der Waals surface area contributed by atoms with Crippen molar-refractivity contribution in [3.8, 4) is 0 Å². The zero-order valence-electron chi connectivity index (χ0n) is 13.9. The molecule has 0 aromatic carbocycles. The minimum absolute atomic E-state index is 0.0258. The number of rotatable bonds is 3. The van der Waals surface area contributed by atoms with E-state index in [-0.39, 0.29) is 24.3 Å². The summed E-state index contributed by atoms with van der Waals surface area (Å²) in [6, 6.07) is 1.70. The molecule has 0 bridgehead atoms. The van der Waals surface area contributed by atoms with Crippen LogP contribution in [0.4, 0.5) is 0 Å². The molecular weight excluding hydrogens is 294 g/mol. The van der Waals surface area contributed by atoms with Crippen LogP contribution in [0.25, 0.3) is 0 Å². The Balaban J connectivity index is 1.69. The number of hydrogen-bond acceptors (Lipinski definition) is 4. The normalized spacial score (nSPS) is 22.4. The van der Waals surface area contributed by atoms with Crippen LogP contribution < -0.4 is 5.32 Å². The molecule has 3 heterocycles. The number of fused-ring (bicyclic) bond motifs is 1. The minimum atomic E-state index is -0.337. The van der Waals surface area contributed by atoms with Crippen LogP contribution in [0.15, 0.2) is 6.07 Å². The van der Waals surface area contributed by atoms with E-state index in [4.69, 9.17) is 0 Å². The fourth-order valence-corrected chi connectivity index (χ4v) is 3.48. The number of carbonyl (C=O) groups is 2. The van der Waals surface area contributed by atoms with Crippen molar-refractivity contribution in [3.63, 3.8) is 0 Å². The number of carbonyl (C=O) groups excluding carboxylic acids is 2. The highest BCUT2D eigenvalue weighted by Gasteiger charge is 2.32. The Hall–Kier alpha value is -1.89. The van der Waals surface area contributed by atoms with Gasteiger partial charge in [0.05, 0.1) is 30.4 Å². The molecule has 1 saturated heterocycles. The molecule has 1 atom stereocenters. The van der Waals surface area contributed by atoms with Gasteiger partial charge in [0.25, 0.3) is 0 Å². The molecule has 1 aromatic heterocycles. The van der Waals surface area contributed by atoms with Crippen molar-refractivity contribution < 1.29 is 9.59 Å². The van der Waals surface area contributed by atoms with Crippen molar-refractivity contribution in [1.29, 1.82) is 0 Å². The largest absolute Gasteiger partial charge is 0.353 e. The smallest absolute Gasteiger partial charge is 0.237 e. The first kappa shape index (κ1) is 16.0. The Morgan fingerprint density at radius 1 is 1.39 bits per heavy atom. The summed E-state index contributed by atoms with van der Waals surface area (Å²) in [4.78, 5) is 28.8. The maximum absolute atomic E-state index is 12.7. The SMILES string of the molecule is CCN1CCNC(=O)C1CC(=O)N1CCCn2nc(C)cc2C1. The van der Waals surface area contributed by atoms with Gasteiger partial charge in [-0.15, -0.1) is 0 Å². The molecule has 7 nitrogen and oxygen atoms in total. The summed E-state index contributed by atoms with van der Waals surface area (Å²) in [6.07, 6.45) is 1.15. The Labute approximate surface area is 136 Å². The number of aryl methyl sites for hydroxylation is 2. The van der Waals surface area contributed by atoms with E-state index in [0.717, 1.165) is 44.0 Å². The second-order valence-electron chi connectivity index (χ2n) is 6.31. The summed E-state index contributed by atoms with van der Waals surface area (Å²) in [7, 11) is 0. The lowest BCUT2D eigenvalue weighted by Crippen LogP contribution is -2.56. The Bertz CT molecular complexity index is 597. The molecule has 1 fully saturated rings. The third kappa shape index (κ3) is 3.39. The molecule has 23 heavy (non-hydrogen) atoms. The quantitative estimate of drug-likeness (QED) is 0.860. The molecular formula is C16H25N5O2. The lowest BCUT2D eigenvalue weighted by atomic mass is 10.1. The van der Waals surface area contributed by atoms with Gasteiger partial charge < -0.3 is 10.2 Å². The molecule has 2 aliphatic rings. The second kappa shape index (κ2) is 6.70. The summed E-state index contributed by atoms with van der Waals surface area (Å²) >= 11 is 0. The summed E-state index contributed by atoms with van der Waals surface area (Å²) in [5, 5.41) is 7.33. The Morgan fingerprint density at radius 2 is 2.22 bits per heavy atom. The molecule has 126 valence electrons. The van der Waals surface area contributed by atoms with Gasteiger partial charge in [-0.25, -0.2) is 0 Å². The third-order valence-electron chi connectivity index (χ3n) is 4.70. The average molecular weight is 319 g/mol. The van der Waals surface area contributed by atoms with Gasteiger partial charge in [0.15, 0.2) is 0 Å². The molecule has 7 heteroatoms. The molecule has 1 aromatic rings. The summed E-state index contributed by atoms with van der Waals surface area (Å²) in [5.41, 5.74) is 2.06. The molecule has 1 unspecified atom stereocenters. The topological polar surface area (TPSA) is 70.5 Å². The molecule has 0 aliphatic carbocycles. The van der Waals surface area contributed by atoms with Gasteiger partial charge in [-0.05, 0) is 26.0 Å². The van der Waals surface area contributed by atoms with E-state index in [2.05, 4.69) is 15.3 Å². The molecule has 1 N–H and O–H groups in total. The van der Waals surface area contributed by atoms with Crippen LogP contribution in [0, 0.1) is 6.92 Å². The van der Waals surface area contributed by atoms with Gasteiger partial charge >= 0.3 is 0 Å². The van der Waals surface area contributed by atoms with Crippen LogP contribution in [0.5, 0.6) is 0 Å². The van der Waals surface area contributed by atoms with Crippen molar-refractivity contribution in [3.05, 3.63) is 17.5 Å². The maximum atomic E-state index is 12.7. The van der Waals surface area contributed by atoms with E-state index in [9.17, 15) is 9.59 Å². The summed E-state index contributed by atoms with van der Waals surface area (Å²) < 4.78 is 1.99. The van der Waals surface area contributed by atoms with E-state index in [1.165, 1.54) is 0 Å². The predicted molar refractivity (Wildman–Crippen MR) is 85.7 cm³/mol. The molecule has 2 amide bonds. The highest BCUT2D eigenvalue weighted by Crippen LogP contribution is 2.16. The first-order valence-electron chi connectivity index (χ1n) is 8.41. The van der Waals surface area contributed by atoms with Crippen LogP contribution in [0.1, 0.15) is 31.2 Å². The van der Waals surface area contributed by atoms with Gasteiger partial charge in [0.2, 0.25) is 11.8 Å². The predicted octanol–water partition coefficient (Wildman–Crippen LogP) is 0.134. The van der Waals surface area contributed by atoms with Crippen molar-refractivity contribution in [2.45, 2.75) is 45.8 Å².